The summed E-state index contributed by atoms with van der Waals surface area (Å²) in [7, 11) is 0. The van der Waals surface area contributed by atoms with E-state index in [1.54, 1.807) is 0 Å². The molecule has 2 aliphatic rings. The quantitative estimate of drug-likeness (QED) is 0.474. The molecule has 0 saturated heterocycles. The third-order valence-electron chi connectivity index (χ3n) is 1.11. The van der Waals surface area contributed by atoms with Gasteiger partial charge in [-0.3, -0.25) is 0 Å². The summed E-state index contributed by atoms with van der Waals surface area (Å²) in [6.45, 7) is 4.50. The fourth-order valence-corrected chi connectivity index (χ4v) is 0.642. The average molecular weight is 342 g/mol. The first-order valence-corrected chi connectivity index (χ1v) is 3.54. The molecule has 0 aromatic rings. The van der Waals surface area contributed by atoms with Crippen LogP contribution in [0.3, 0.4) is 0 Å². The van der Waals surface area contributed by atoms with Crippen molar-refractivity contribution in [3.63, 3.8) is 0 Å². The molecule has 0 heterocycles. The van der Waals surface area contributed by atoms with Crippen LogP contribution in [0.25, 0.3) is 0 Å². The second-order valence-corrected chi connectivity index (χ2v) is 1.92. The average Bonchev–Trinajstić information content (AvgIpc) is 2.87. The van der Waals surface area contributed by atoms with Gasteiger partial charge < -0.3 is 0 Å². The molecule has 0 aromatic heterocycles. The van der Waals surface area contributed by atoms with Crippen LogP contribution >= 0.6 is 0 Å². The summed E-state index contributed by atoms with van der Waals surface area (Å²) in [5, 5.41) is 0. The van der Waals surface area contributed by atoms with Gasteiger partial charge in [0.15, 0.2) is 0 Å². The first-order chi connectivity index (χ1) is 6.00. The molecule has 0 amide bonds. The van der Waals surface area contributed by atoms with Crippen molar-refractivity contribution in [1.29, 1.82) is 0 Å². The first kappa shape index (κ1) is 15.9. The van der Waals surface area contributed by atoms with Crippen LogP contribution in [0.1, 0.15) is 0 Å². The number of hydrogen-bond donors (Lipinski definition) is 0. The van der Waals surface area contributed by atoms with Gasteiger partial charge >= 0.3 is 11.3 Å². The van der Waals surface area contributed by atoms with E-state index >= 15 is 0 Å². The molecule has 0 aromatic carbocycles. The van der Waals surface area contributed by atoms with E-state index in [9.17, 15) is 0 Å². The van der Waals surface area contributed by atoms with Crippen LogP contribution in [0, 0.1) is 70.9 Å². The van der Waals surface area contributed by atoms with E-state index in [0.29, 0.717) is 0 Å². The normalized spacial score (nSPS) is 18.6. The van der Waals surface area contributed by atoms with E-state index < -0.39 is 0 Å². The zero-order valence-corrected chi connectivity index (χ0v) is 10.0. The summed E-state index contributed by atoms with van der Waals surface area (Å²) in [4.78, 5) is 0. The van der Waals surface area contributed by atoms with E-state index in [1.165, 1.54) is 0 Å². The van der Waals surface area contributed by atoms with E-state index in [0.717, 1.165) is 0 Å². The van der Waals surface area contributed by atoms with Crippen LogP contribution in [0.15, 0.2) is 0 Å². The molecule has 2 saturated carbocycles. The fourth-order valence-electron chi connectivity index (χ4n) is 0.642. The van der Waals surface area contributed by atoms with E-state index in [-0.39, 0.29) is 21.1 Å². The van der Waals surface area contributed by atoms with Crippen molar-refractivity contribution in [2.24, 2.45) is 0 Å². The Balaban J connectivity index is 0. The predicted molar refractivity (Wildman–Crippen MR) is 46.9 cm³/mol. The second kappa shape index (κ2) is 14.9. The van der Waals surface area contributed by atoms with Gasteiger partial charge in [-0.15, -0.1) is 0 Å². The van der Waals surface area contributed by atoms with Gasteiger partial charge in [-0.05, 0) is 64.2 Å². The Kier molecular flexibility index (Phi) is 18.2. The minimum absolute atomic E-state index is 0. The monoisotopic (exact) mass is 342 g/mol. The van der Waals surface area contributed by atoms with Crippen LogP contribution in [0.4, 0.5) is 0 Å². The van der Waals surface area contributed by atoms with Gasteiger partial charge in [0.25, 0.3) is 0 Å². The SMILES string of the molecule is [C-]#[O+].[CH]1[CH][CH][CH][CH]1.[CH]1[CH][CH][CH][CH]1.[W]. The van der Waals surface area contributed by atoms with Crippen molar-refractivity contribution in [3.8, 4) is 0 Å². The zero-order chi connectivity index (χ0) is 9.07. The van der Waals surface area contributed by atoms with Gasteiger partial charge in [0.2, 0.25) is 0 Å². The number of hydrogen-bond acceptors (Lipinski definition) is 0. The summed E-state index contributed by atoms with van der Waals surface area (Å²) in [5.41, 5.74) is 0. The van der Waals surface area contributed by atoms with Crippen LogP contribution in [-0.2, 0) is 25.7 Å². The molecule has 0 spiro atoms. The smallest absolute Gasteiger partial charge is 0 e. The first-order valence-electron chi connectivity index (χ1n) is 3.54. The summed E-state index contributed by atoms with van der Waals surface area (Å²) >= 11 is 0. The van der Waals surface area contributed by atoms with Gasteiger partial charge in [0.05, 0.1) is 0 Å². The van der Waals surface area contributed by atoms with Crippen LogP contribution in [-0.4, -0.2) is 0 Å². The summed E-state index contributed by atoms with van der Waals surface area (Å²) in [6, 6.07) is 0. The van der Waals surface area contributed by atoms with Crippen molar-refractivity contribution < 1.29 is 25.7 Å². The molecule has 2 heteroatoms. The van der Waals surface area contributed by atoms with Crippen molar-refractivity contribution in [2.75, 3.05) is 0 Å². The van der Waals surface area contributed by atoms with E-state index in [1.807, 2.05) is 64.2 Å². The summed E-state index contributed by atoms with van der Waals surface area (Å²) < 4.78 is 7.50. The number of rotatable bonds is 0. The van der Waals surface area contributed by atoms with Crippen molar-refractivity contribution >= 4 is 0 Å². The topological polar surface area (TPSA) is 19.9 Å². The molecule has 2 aliphatic carbocycles. The Morgan fingerprint density at radius 2 is 0.538 bits per heavy atom. The predicted octanol–water partition coefficient (Wildman–Crippen LogP) is 2.00. The minimum atomic E-state index is 0. The van der Waals surface area contributed by atoms with E-state index in [4.69, 9.17) is 4.65 Å². The fraction of sp³-hybridized carbons (Fsp3) is 0. The van der Waals surface area contributed by atoms with Crippen molar-refractivity contribution in [3.05, 3.63) is 70.9 Å². The standard InChI is InChI=1S/2C5H5.CO.W/c2*1-2-4-5-3-1;1-2;/h2*1-5H;;. The molecule has 2 rings (SSSR count). The molecule has 0 N–H and O–H groups in total. The maximum absolute atomic E-state index is 7.50. The molecular formula is C11H10OW. The maximum atomic E-state index is 7.50. The zero-order valence-electron chi connectivity index (χ0n) is 7.09. The molecule has 10 radical (unpaired) electrons. The van der Waals surface area contributed by atoms with Gasteiger partial charge in [0.1, 0.15) is 0 Å². The van der Waals surface area contributed by atoms with Crippen molar-refractivity contribution in [1.82, 2.24) is 0 Å². The van der Waals surface area contributed by atoms with Gasteiger partial charge in [-0.1, -0.05) is 0 Å². The molecule has 0 aliphatic heterocycles. The third kappa shape index (κ3) is 12.4. The molecule has 0 bridgehead atoms. The Morgan fingerprint density at radius 3 is 0.615 bits per heavy atom. The van der Waals surface area contributed by atoms with Gasteiger partial charge in [-0.2, -0.15) is 0 Å². The van der Waals surface area contributed by atoms with Gasteiger partial charge in [-0.25, -0.2) is 0 Å². The largest absolute Gasteiger partial charge is 0.0312 e. The van der Waals surface area contributed by atoms with Crippen molar-refractivity contribution in [2.45, 2.75) is 0 Å². The summed E-state index contributed by atoms with van der Waals surface area (Å²) in [6.07, 6.45) is 20.0. The van der Waals surface area contributed by atoms with Crippen LogP contribution < -0.4 is 0 Å². The van der Waals surface area contributed by atoms with E-state index in [2.05, 4.69) is 6.65 Å². The molecular weight excluding hydrogens is 332 g/mol. The summed E-state index contributed by atoms with van der Waals surface area (Å²) in [5.74, 6) is 0. The molecule has 1 nitrogen and oxygen atoms in total. The Morgan fingerprint density at radius 1 is 0.462 bits per heavy atom. The molecule has 0 unspecified atom stereocenters. The second-order valence-electron chi connectivity index (χ2n) is 1.92. The van der Waals surface area contributed by atoms with Gasteiger partial charge in [0, 0.05) is 21.1 Å². The third-order valence-corrected chi connectivity index (χ3v) is 1.11. The Hall–Kier alpha value is 0.428. The Labute approximate surface area is 96.7 Å². The minimum Gasteiger partial charge on any atom is -0.0312 e. The molecule has 0 atom stereocenters. The van der Waals surface area contributed by atoms with Crippen LogP contribution in [0.5, 0.6) is 0 Å². The van der Waals surface area contributed by atoms with Crippen LogP contribution in [0.2, 0.25) is 0 Å². The molecule has 66 valence electrons. The molecule has 2 fully saturated rings. The Bertz CT molecular complexity index is 68.3. The maximum Gasteiger partial charge on any atom is 0 e. The molecule has 13 heavy (non-hydrogen) atoms.